The van der Waals surface area contributed by atoms with Gasteiger partial charge in [0.25, 0.3) is 0 Å². The molecule has 2 unspecified atom stereocenters. The molecule has 1 aliphatic carbocycles. The summed E-state index contributed by atoms with van der Waals surface area (Å²) in [5.41, 5.74) is 1.31. The first-order valence-corrected chi connectivity index (χ1v) is 10.4. The minimum Gasteiger partial charge on any atom is -0.338 e. The van der Waals surface area contributed by atoms with Crippen molar-refractivity contribution in [2.75, 3.05) is 19.6 Å². The molecular weight excluding hydrogens is 354 g/mol. The third kappa shape index (κ3) is 4.13. The summed E-state index contributed by atoms with van der Waals surface area (Å²) in [5, 5.41) is 9.28. The minimum atomic E-state index is 0.0185. The number of nitrogens with one attached hydrogen (secondary N) is 3. The van der Waals surface area contributed by atoms with Crippen molar-refractivity contribution in [1.29, 1.82) is 0 Å². The fraction of sp³-hybridized carbons (Fsp3) is 0.571. The van der Waals surface area contributed by atoms with Gasteiger partial charge in [0, 0.05) is 43.6 Å². The molecule has 2 atom stereocenters. The molecular formula is C21H29N5O2. The summed E-state index contributed by atoms with van der Waals surface area (Å²) in [7, 11) is 0. The molecule has 3 aliphatic heterocycles. The largest absolute Gasteiger partial charge is 0.338 e. The Morgan fingerprint density at radius 1 is 1.32 bits per heavy atom. The predicted molar refractivity (Wildman–Crippen MR) is 108 cm³/mol. The zero-order chi connectivity index (χ0) is 19.5. The van der Waals surface area contributed by atoms with Crippen LogP contribution < -0.4 is 16.0 Å². The molecule has 3 heterocycles. The van der Waals surface area contributed by atoms with E-state index < -0.39 is 0 Å². The van der Waals surface area contributed by atoms with Gasteiger partial charge in [0.1, 0.15) is 11.7 Å². The summed E-state index contributed by atoms with van der Waals surface area (Å²) in [6, 6.07) is 0.0185. The molecule has 1 fully saturated rings. The third-order valence-corrected chi connectivity index (χ3v) is 5.79. The van der Waals surface area contributed by atoms with Crippen molar-refractivity contribution in [3.05, 3.63) is 35.8 Å². The predicted octanol–water partition coefficient (Wildman–Crippen LogP) is 2.26. The number of carbonyl (C=O) groups is 2. The van der Waals surface area contributed by atoms with Gasteiger partial charge >= 0.3 is 6.03 Å². The summed E-state index contributed by atoms with van der Waals surface area (Å²) < 4.78 is 0. The lowest BCUT2D eigenvalue weighted by Crippen LogP contribution is -2.45. The van der Waals surface area contributed by atoms with Crippen LogP contribution in [0.2, 0.25) is 0 Å². The second-order valence-corrected chi connectivity index (χ2v) is 7.94. The van der Waals surface area contributed by atoms with Crippen molar-refractivity contribution in [2.24, 2.45) is 22.7 Å². The number of aliphatic imine (C=N–C) groups is 1. The smallest absolute Gasteiger partial charge is 0.317 e. The zero-order valence-corrected chi connectivity index (χ0v) is 16.4. The highest BCUT2D eigenvalue weighted by Gasteiger charge is 2.36. The summed E-state index contributed by atoms with van der Waals surface area (Å²) in [6.07, 6.45) is 13.1. The van der Waals surface area contributed by atoms with Crippen LogP contribution in [0, 0.1) is 17.8 Å². The van der Waals surface area contributed by atoms with Gasteiger partial charge in [-0.05, 0) is 31.8 Å². The Balaban J connectivity index is 1.42. The van der Waals surface area contributed by atoms with Gasteiger partial charge in [0.15, 0.2) is 0 Å². The first-order chi connectivity index (χ1) is 13.7. The van der Waals surface area contributed by atoms with Crippen molar-refractivity contribution in [3.63, 3.8) is 0 Å². The molecule has 0 aromatic rings. The van der Waals surface area contributed by atoms with E-state index in [1.807, 2.05) is 11.1 Å². The molecule has 0 saturated heterocycles. The lowest BCUT2D eigenvalue weighted by Gasteiger charge is -2.34. The van der Waals surface area contributed by atoms with Crippen molar-refractivity contribution in [1.82, 2.24) is 20.9 Å². The van der Waals surface area contributed by atoms with Gasteiger partial charge < -0.3 is 20.9 Å². The molecule has 150 valence electrons. The number of fused-ring (bicyclic) bond motifs is 1. The quantitative estimate of drug-likeness (QED) is 0.486. The molecule has 1 saturated carbocycles. The van der Waals surface area contributed by atoms with Crippen LogP contribution in [-0.2, 0) is 4.79 Å². The number of rotatable bonds is 6. The van der Waals surface area contributed by atoms with Crippen molar-refractivity contribution in [2.45, 2.75) is 39.0 Å². The molecule has 4 rings (SSSR count). The molecule has 7 nitrogen and oxygen atoms in total. The Morgan fingerprint density at radius 3 is 2.89 bits per heavy atom. The van der Waals surface area contributed by atoms with Gasteiger partial charge in [-0.15, -0.1) is 0 Å². The van der Waals surface area contributed by atoms with E-state index in [1.54, 1.807) is 0 Å². The number of hydrogen-bond donors (Lipinski definition) is 3. The zero-order valence-electron chi connectivity index (χ0n) is 16.4. The average molecular weight is 383 g/mol. The summed E-state index contributed by atoms with van der Waals surface area (Å²) in [6.45, 7) is 4.19. The Bertz CT molecular complexity index is 763. The monoisotopic (exact) mass is 383 g/mol. The van der Waals surface area contributed by atoms with Crippen LogP contribution in [0.4, 0.5) is 4.79 Å². The Hall–Kier alpha value is -2.57. The van der Waals surface area contributed by atoms with Crippen molar-refractivity contribution in [3.8, 4) is 0 Å². The first kappa shape index (κ1) is 18.8. The van der Waals surface area contributed by atoms with E-state index in [9.17, 15) is 9.59 Å². The fourth-order valence-electron chi connectivity index (χ4n) is 3.91. The topological polar surface area (TPSA) is 85.8 Å². The van der Waals surface area contributed by atoms with Gasteiger partial charge in [-0.3, -0.25) is 4.79 Å². The normalized spacial score (nSPS) is 25.9. The number of amidine groups is 1. The number of allylic oxidation sites excluding steroid dienone is 1. The molecule has 0 radical (unpaired) electrons. The standard InChI is InChI=1S/C21H29N5O2/c1-2-3-9-23-21(28)26-11-7-14(8-12-26)17-13-18(25-20(27)15-4-5-15)24-19-16(17)6-10-22-19/h6-7,10,13,15-17H,2-5,8-9,11-12H2,1H3,(H,22,24)(H,23,28)(H,25,27). The number of carbonyl (C=O) groups excluding carboxylic acids is 2. The van der Waals surface area contributed by atoms with Crippen LogP contribution in [0.15, 0.2) is 40.8 Å². The van der Waals surface area contributed by atoms with Gasteiger partial charge in [0.05, 0.1) is 0 Å². The van der Waals surface area contributed by atoms with Crippen LogP contribution in [0.25, 0.3) is 0 Å². The molecule has 0 aromatic heterocycles. The maximum atomic E-state index is 12.3. The summed E-state index contributed by atoms with van der Waals surface area (Å²) >= 11 is 0. The molecule has 0 bridgehead atoms. The number of unbranched alkanes of at least 4 members (excludes halogenated alkanes) is 1. The van der Waals surface area contributed by atoms with E-state index in [1.165, 1.54) is 5.57 Å². The number of hydrogen-bond acceptors (Lipinski definition) is 4. The average Bonchev–Trinajstić information content (AvgIpc) is 3.46. The lowest BCUT2D eigenvalue weighted by atomic mass is 9.80. The molecule has 3 amide bonds. The first-order valence-electron chi connectivity index (χ1n) is 10.4. The fourth-order valence-corrected chi connectivity index (χ4v) is 3.91. The summed E-state index contributed by atoms with van der Waals surface area (Å²) in [4.78, 5) is 30.7. The van der Waals surface area contributed by atoms with Gasteiger partial charge in [-0.2, -0.15) is 0 Å². The molecule has 3 N–H and O–H groups in total. The Labute approximate surface area is 166 Å². The SMILES string of the molecule is CCCCNC(=O)N1CC=C(C2C=C(NC(=O)C3CC3)NC3=NC=CC32)CC1. The molecule has 0 spiro atoms. The maximum absolute atomic E-state index is 12.3. The maximum Gasteiger partial charge on any atom is 0.317 e. The number of nitrogens with zero attached hydrogens (tertiary/aromatic N) is 2. The van der Waals surface area contributed by atoms with Crippen molar-refractivity contribution >= 4 is 17.8 Å². The van der Waals surface area contributed by atoms with E-state index in [2.05, 4.69) is 46.1 Å². The highest BCUT2D eigenvalue weighted by molar-refractivity contribution is 5.93. The van der Waals surface area contributed by atoms with Crippen LogP contribution in [0.1, 0.15) is 39.0 Å². The Morgan fingerprint density at radius 2 is 2.18 bits per heavy atom. The Kier molecular flexibility index (Phi) is 5.50. The number of urea groups is 1. The van der Waals surface area contributed by atoms with E-state index >= 15 is 0 Å². The molecule has 7 heteroatoms. The van der Waals surface area contributed by atoms with E-state index in [0.29, 0.717) is 13.1 Å². The highest BCUT2D eigenvalue weighted by atomic mass is 16.2. The van der Waals surface area contributed by atoms with Crippen LogP contribution in [0.3, 0.4) is 0 Å². The van der Waals surface area contributed by atoms with Crippen molar-refractivity contribution < 1.29 is 9.59 Å². The van der Waals surface area contributed by atoms with Gasteiger partial charge in [0.2, 0.25) is 5.91 Å². The second-order valence-electron chi connectivity index (χ2n) is 7.94. The van der Waals surface area contributed by atoms with E-state index in [4.69, 9.17) is 0 Å². The van der Waals surface area contributed by atoms with E-state index in [0.717, 1.165) is 50.3 Å². The lowest BCUT2D eigenvalue weighted by molar-refractivity contribution is -0.121. The summed E-state index contributed by atoms with van der Waals surface area (Å²) in [5.74, 6) is 2.23. The number of amides is 3. The van der Waals surface area contributed by atoms with Crippen LogP contribution in [-0.4, -0.2) is 42.3 Å². The second kappa shape index (κ2) is 8.20. The van der Waals surface area contributed by atoms with E-state index in [-0.39, 0.29) is 29.7 Å². The third-order valence-electron chi connectivity index (χ3n) is 5.79. The van der Waals surface area contributed by atoms with Gasteiger partial charge in [-0.1, -0.05) is 31.1 Å². The minimum absolute atomic E-state index is 0.0185. The van der Waals surface area contributed by atoms with Crippen LogP contribution >= 0.6 is 0 Å². The molecule has 0 aromatic carbocycles. The molecule has 4 aliphatic rings. The van der Waals surface area contributed by atoms with Crippen LogP contribution in [0.5, 0.6) is 0 Å². The molecule has 28 heavy (non-hydrogen) atoms. The van der Waals surface area contributed by atoms with Gasteiger partial charge in [-0.25, -0.2) is 9.79 Å². The highest BCUT2D eigenvalue weighted by Crippen LogP contribution is 2.34.